The van der Waals surface area contributed by atoms with Gasteiger partial charge in [0.25, 0.3) is 0 Å². The molecule has 0 spiro atoms. The molecule has 0 saturated carbocycles. The highest BCUT2D eigenvalue weighted by molar-refractivity contribution is 6.33. The van der Waals surface area contributed by atoms with E-state index in [1.807, 2.05) is 30.7 Å². The minimum Gasteiger partial charge on any atom is -0.312 e. The third-order valence-electron chi connectivity index (χ3n) is 2.15. The van der Waals surface area contributed by atoms with E-state index in [0.717, 1.165) is 25.2 Å². The lowest BCUT2D eigenvalue weighted by molar-refractivity contribution is 0.111. The molecule has 0 bridgehead atoms. The van der Waals surface area contributed by atoms with E-state index >= 15 is 0 Å². The molecule has 0 aromatic carbocycles. The number of aryl methyl sites for hydroxylation is 1. The van der Waals surface area contributed by atoms with Crippen LogP contribution in [0.1, 0.15) is 22.6 Å². The Kier molecular flexibility index (Phi) is 5.61. The zero-order chi connectivity index (χ0) is 12.8. The Morgan fingerprint density at radius 2 is 2.12 bits per heavy atom. The highest BCUT2D eigenvalue weighted by Crippen LogP contribution is 2.20. The minimum absolute atomic E-state index is 0.348. The van der Waals surface area contributed by atoms with E-state index in [9.17, 15) is 4.79 Å². The summed E-state index contributed by atoms with van der Waals surface area (Å²) in [6.07, 6.45) is 1.72. The predicted octanol–water partition coefficient (Wildman–Crippen LogP) is 1.02. The number of nitrogens with zero attached hydrogens (tertiary/aromatic N) is 3. The maximum absolute atomic E-state index is 10.6. The summed E-state index contributed by atoms with van der Waals surface area (Å²) >= 11 is 5.96. The number of aldehydes is 1. The van der Waals surface area contributed by atoms with Crippen LogP contribution in [0, 0.1) is 0 Å². The average molecular weight is 259 g/mol. The van der Waals surface area contributed by atoms with Crippen LogP contribution in [0.4, 0.5) is 0 Å². The molecule has 96 valence electrons. The van der Waals surface area contributed by atoms with E-state index < -0.39 is 0 Å². The topological polar surface area (TPSA) is 50.2 Å². The first-order valence-electron chi connectivity index (χ1n) is 5.58. The first kappa shape index (κ1) is 14.2. The van der Waals surface area contributed by atoms with Crippen molar-refractivity contribution in [2.45, 2.75) is 19.5 Å². The second-order valence-corrected chi connectivity index (χ2v) is 4.74. The van der Waals surface area contributed by atoms with Crippen LogP contribution in [0.3, 0.4) is 0 Å². The molecule has 1 aromatic heterocycles. The van der Waals surface area contributed by atoms with Gasteiger partial charge in [-0.2, -0.15) is 5.10 Å². The fraction of sp³-hybridized carbons (Fsp3) is 0.636. The van der Waals surface area contributed by atoms with Gasteiger partial charge in [-0.15, -0.1) is 0 Å². The van der Waals surface area contributed by atoms with E-state index in [4.69, 9.17) is 11.6 Å². The molecule has 0 unspecified atom stereocenters. The van der Waals surface area contributed by atoms with Gasteiger partial charge in [0.15, 0.2) is 6.29 Å². The van der Waals surface area contributed by atoms with E-state index in [1.165, 1.54) is 0 Å². The van der Waals surface area contributed by atoms with Gasteiger partial charge in [-0.05, 0) is 34.1 Å². The van der Waals surface area contributed by atoms with Crippen molar-refractivity contribution in [1.29, 1.82) is 0 Å². The number of aromatic nitrogens is 2. The lowest BCUT2D eigenvalue weighted by Gasteiger charge is -1.99. The smallest absolute Gasteiger partial charge is 0.171 e. The lowest BCUT2D eigenvalue weighted by Crippen LogP contribution is -2.12. The molecule has 0 atom stereocenters. The quantitative estimate of drug-likeness (QED) is 0.765. The Morgan fingerprint density at radius 3 is 2.71 bits per heavy atom. The number of carbonyl (C=O) groups excluding carboxylic acids is 1. The van der Waals surface area contributed by atoms with Gasteiger partial charge >= 0.3 is 0 Å². The second-order valence-electron chi connectivity index (χ2n) is 4.36. The molecule has 5 nitrogen and oxygen atoms in total. The van der Waals surface area contributed by atoms with Crippen molar-refractivity contribution >= 4 is 17.9 Å². The van der Waals surface area contributed by atoms with Gasteiger partial charge < -0.3 is 10.2 Å². The van der Waals surface area contributed by atoms with E-state index in [-0.39, 0.29) is 0 Å². The maximum atomic E-state index is 10.6. The monoisotopic (exact) mass is 258 g/mol. The summed E-state index contributed by atoms with van der Waals surface area (Å²) in [5.41, 5.74) is 1.27. The summed E-state index contributed by atoms with van der Waals surface area (Å²) in [4.78, 5) is 12.6. The zero-order valence-corrected chi connectivity index (χ0v) is 11.3. The summed E-state index contributed by atoms with van der Waals surface area (Å²) in [5.74, 6) is 0. The van der Waals surface area contributed by atoms with Crippen molar-refractivity contribution in [3.8, 4) is 0 Å². The number of fused-ring (bicyclic) bond motifs is 1. The number of nitrogens with one attached hydrogen (secondary N) is 1. The summed E-state index contributed by atoms with van der Waals surface area (Å²) in [6, 6.07) is 0. The van der Waals surface area contributed by atoms with Crippen molar-refractivity contribution in [3.05, 3.63) is 16.4 Å². The van der Waals surface area contributed by atoms with Crippen molar-refractivity contribution < 1.29 is 4.79 Å². The van der Waals surface area contributed by atoms with Crippen LogP contribution in [0.25, 0.3) is 0 Å². The molecule has 1 aromatic rings. The summed E-state index contributed by atoms with van der Waals surface area (Å²) in [7, 11) is 6.00. The van der Waals surface area contributed by atoms with Crippen LogP contribution in [-0.2, 0) is 13.1 Å². The molecule has 0 aliphatic carbocycles. The molecule has 0 fully saturated rings. The summed E-state index contributed by atoms with van der Waals surface area (Å²) in [6.45, 7) is 2.49. The summed E-state index contributed by atoms with van der Waals surface area (Å²) < 4.78 is 1.81. The van der Waals surface area contributed by atoms with Crippen LogP contribution in [0.2, 0.25) is 5.02 Å². The molecule has 0 saturated heterocycles. The fourth-order valence-electron chi connectivity index (χ4n) is 1.49. The van der Waals surface area contributed by atoms with Crippen molar-refractivity contribution in [2.24, 2.45) is 0 Å². The van der Waals surface area contributed by atoms with Crippen LogP contribution in [0.15, 0.2) is 0 Å². The number of halogens is 1. The lowest BCUT2D eigenvalue weighted by atomic mass is 10.3. The van der Waals surface area contributed by atoms with Crippen molar-refractivity contribution in [3.63, 3.8) is 0 Å². The van der Waals surface area contributed by atoms with Gasteiger partial charge in [0.1, 0.15) is 5.69 Å². The fourth-order valence-corrected chi connectivity index (χ4v) is 1.73. The van der Waals surface area contributed by atoms with Crippen molar-refractivity contribution in [1.82, 2.24) is 20.0 Å². The molecule has 2 rings (SSSR count). The Bertz CT molecular complexity index is 373. The molecule has 2 heterocycles. The molecule has 1 aliphatic heterocycles. The first-order valence-corrected chi connectivity index (χ1v) is 5.96. The van der Waals surface area contributed by atoms with Crippen LogP contribution in [-0.4, -0.2) is 48.7 Å². The van der Waals surface area contributed by atoms with Gasteiger partial charge in [0.2, 0.25) is 0 Å². The molecule has 1 aliphatic rings. The highest BCUT2D eigenvalue weighted by Gasteiger charge is 2.16. The van der Waals surface area contributed by atoms with Crippen molar-refractivity contribution in [2.75, 3.05) is 27.7 Å². The molecule has 17 heavy (non-hydrogen) atoms. The third-order valence-corrected chi connectivity index (χ3v) is 2.56. The molecule has 6 heteroatoms. The highest BCUT2D eigenvalue weighted by atomic mass is 35.5. The van der Waals surface area contributed by atoms with Crippen LogP contribution in [0.5, 0.6) is 0 Å². The molecular weight excluding hydrogens is 240 g/mol. The Morgan fingerprint density at radius 1 is 1.47 bits per heavy atom. The maximum Gasteiger partial charge on any atom is 0.171 e. The third kappa shape index (κ3) is 4.11. The van der Waals surface area contributed by atoms with E-state index in [2.05, 4.69) is 10.4 Å². The Hall–Kier alpha value is -0.910. The number of rotatable bonds is 1. The first-order chi connectivity index (χ1) is 8.06. The number of carbonyl (C=O) groups is 1. The Labute approximate surface area is 107 Å². The molecule has 0 radical (unpaired) electrons. The summed E-state index contributed by atoms with van der Waals surface area (Å²) in [5, 5.41) is 7.82. The second kappa shape index (κ2) is 6.74. The minimum atomic E-state index is 0.348. The SMILES string of the molecule is CN(C)C.O=Cc1nn2c(c1Cl)CNCCC2. The average Bonchev–Trinajstić information content (AvgIpc) is 2.46. The standard InChI is InChI=1S/C8H10ClN3O.C3H9N/c9-8-6(5-13)11-12-3-1-2-10-4-7(8)12;1-4(2)3/h5,10H,1-4H2;1-3H3. The van der Waals surface area contributed by atoms with Crippen LogP contribution >= 0.6 is 11.6 Å². The van der Waals surface area contributed by atoms with Gasteiger partial charge in [-0.1, -0.05) is 11.6 Å². The largest absolute Gasteiger partial charge is 0.312 e. The van der Waals surface area contributed by atoms with E-state index in [0.29, 0.717) is 23.5 Å². The Balaban J connectivity index is 0.000000317. The van der Waals surface area contributed by atoms with Gasteiger partial charge in [0, 0.05) is 13.1 Å². The zero-order valence-electron chi connectivity index (χ0n) is 10.5. The normalized spacial score (nSPS) is 14.6. The predicted molar refractivity (Wildman–Crippen MR) is 68.6 cm³/mol. The molecule has 1 N–H and O–H groups in total. The molecular formula is C11H19ClN4O. The molecule has 0 amide bonds. The van der Waals surface area contributed by atoms with Gasteiger partial charge in [0.05, 0.1) is 10.7 Å². The number of hydrogen-bond donors (Lipinski definition) is 1. The van der Waals surface area contributed by atoms with E-state index in [1.54, 1.807) is 0 Å². The number of hydrogen-bond acceptors (Lipinski definition) is 4. The van der Waals surface area contributed by atoms with Gasteiger partial charge in [-0.3, -0.25) is 9.48 Å². The van der Waals surface area contributed by atoms with Crippen LogP contribution < -0.4 is 5.32 Å². The van der Waals surface area contributed by atoms with Gasteiger partial charge in [-0.25, -0.2) is 0 Å².